The first-order valence-corrected chi connectivity index (χ1v) is 10.3. The molecule has 15 nitrogen and oxygen atoms in total. The van der Waals surface area contributed by atoms with Crippen molar-refractivity contribution < 1.29 is 33.9 Å². The highest BCUT2D eigenvalue weighted by Gasteiger charge is 2.29. The molecule has 0 aliphatic rings. The van der Waals surface area contributed by atoms with Crippen molar-refractivity contribution in [1.29, 1.82) is 0 Å². The van der Waals surface area contributed by atoms with E-state index < -0.39 is 59.7 Å². The molecule has 0 radical (unpaired) electrons. The van der Waals surface area contributed by atoms with E-state index in [1.165, 1.54) is 19.4 Å². The predicted octanol–water partition coefficient (Wildman–Crippen LogP) is -3.63. The Kier molecular flexibility index (Phi) is 11.1. The maximum atomic E-state index is 12.6. The van der Waals surface area contributed by atoms with E-state index >= 15 is 0 Å². The lowest BCUT2D eigenvalue weighted by Gasteiger charge is -2.23. The van der Waals surface area contributed by atoms with Crippen molar-refractivity contribution >= 4 is 35.5 Å². The molecule has 0 saturated carbocycles. The molecule has 1 rings (SSSR count). The Morgan fingerprint density at radius 3 is 2.00 bits per heavy atom. The molecular weight excluding hydrogens is 452 g/mol. The second-order valence-corrected chi connectivity index (χ2v) is 7.59. The van der Waals surface area contributed by atoms with Crippen molar-refractivity contribution in [3.8, 4) is 0 Å². The molecule has 188 valence electrons. The van der Waals surface area contributed by atoms with Gasteiger partial charge in [-0.05, 0) is 19.8 Å². The number of imidazole rings is 1. The number of aromatic nitrogens is 2. The summed E-state index contributed by atoms with van der Waals surface area (Å²) in [4.78, 5) is 77.5. The zero-order valence-electron chi connectivity index (χ0n) is 18.6. The molecular formula is C19H30N8O7. The predicted molar refractivity (Wildman–Crippen MR) is 116 cm³/mol. The number of aliphatic carboxylic acids is 1. The minimum atomic E-state index is -1.45. The van der Waals surface area contributed by atoms with Gasteiger partial charge in [0.15, 0.2) is 0 Å². The average Bonchev–Trinajstić information content (AvgIpc) is 3.25. The Hall–Kier alpha value is -4.01. The second kappa shape index (κ2) is 13.5. The molecule has 34 heavy (non-hydrogen) atoms. The number of rotatable bonds is 15. The van der Waals surface area contributed by atoms with Crippen molar-refractivity contribution in [2.75, 3.05) is 0 Å². The number of carbonyl (C=O) groups excluding carboxylic acids is 5. The lowest BCUT2D eigenvalue weighted by Crippen LogP contribution is -2.56. The number of primary amides is 2. The van der Waals surface area contributed by atoms with E-state index in [0.717, 1.165) is 0 Å². The third-order valence-electron chi connectivity index (χ3n) is 4.69. The van der Waals surface area contributed by atoms with E-state index in [0.29, 0.717) is 5.69 Å². The maximum absolute atomic E-state index is 12.6. The van der Waals surface area contributed by atoms with Gasteiger partial charge >= 0.3 is 5.97 Å². The van der Waals surface area contributed by atoms with Gasteiger partial charge in [-0.25, -0.2) is 9.78 Å². The van der Waals surface area contributed by atoms with E-state index in [1.807, 2.05) is 0 Å². The summed E-state index contributed by atoms with van der Waals surface area (Å²) in [5.74, 6) is -5.25. The topological polar surface area (TPSA) is 265 Å². The number of aromatic amines is 1. The standard InChI is InChI=1S/C19H30N8O7/c1-9(25-17(31)11(20)6-10-7-23-8-24-10)16(30)26-12(2-4-14(21)28)18(32)27-13(19(33)34)3-5-15(22)29/h7-9,11-13H,2-6,20H2,1H3,(H2,21,28)(H2,22,29)(H,23,24)(H,25,31)(H,26,30)(H,27,32)(H,33,34). The van der Waals surface area contributed by atoms with Crippen LogP contribution in [0.2, 0.25) is 0 Å². The number of carboxylic acid groups (broad SMARTS) is 1. The Bertz CT molecular complexity index is 889. The van der Waals surface area contributed by atoms with E-state index in [1.54, 1.807) is 0 Å². The Balaban J connectivity index is 2.77. The zero-order valence-corrected chi connectivity index (χ0v) is 18.6. The largest absolute Gasteiger partial charge is 0.480 e. The molecule has 0 aliphatic heterocycles. The molecule has 4 unspecified atom stereocenters. The number of hydrogen-bond acceptors (Lipinski definition) is 8. The fraction of sp³-hybridized carbons (Fsp3) is 0.526. The van der Waals surface area contributed by atoms with Crippen molar-refractivity contribution in [3.05, 3.63) is 18.2 Å². The van der Waals surface area contributed by atoms with Crippen LogP contribution in [0.15, 0.2) is 12.5 Å². The smallest absolute Gasteiger partial charge is 0.326 e. The van der Waals surface area contributed by atoms with Crippen LogP contribution in [-0.2, 0) is 35.2 Å². The summed E-state index contributed by atoms with van der Waals surface area (Å²) in [7, 11) is 0. The average molecular weight is 482 g/mol. The van der Waals surface area contributed by atoms with Gasteiger partial charge in [-0.2, -0.15) is 0 Å². The number of hydrogen-bond donors (Lipinski definition) is 8. The molecule has 0 fully saturated rings. The van der Waals surface area contributed by atoms with Gasteiger partial charge in [-0.3, -0.25) is 24.0 Å². The highest BCUT2D eigenvalue weighted by Crippen LogP contribution is 2.04. The van der Waals surface area contributed by atoms with Gasteiger partial charge in [-0.15, -0.1) is 0 Å². The SMILES string of the molecule is CC(NC(=O)C(N)Cc1cnc[nH]1)C(=O)NC(CCC(N)=O)C(=O)NC(CCC(N)=O)C(=O)O. The highest BCUT2D eigenvalue weighted by molar-refractivity contribution is 5.94. The molecule has 4 atom stereocenters. The quantitative estimate of drug-likeness (QED) is 0.122. The zero-order chi connectivity index (χ0) is 25.8. The van der Waals surface area contributed by atoms with Gasteiger partial charge in [-0.1, -0.05) is 0 Å². The molecule has 15 heteroatoms. The molecule has 0 bridgehead atoms. The van der Waals surface area contributed by atoms with Crippen LogP contribution in [0.3, 0.4) is 0 Å². The van der Waals surface area contributed by atoms with E-state index in [-0.39, 0.29) is 32.1 Å². The first-order valence-electron chi connectivity index (χ1n) is 10.3. The second-order valence-electron chi connectivity index (χ2n) is 7.59. The number of nitrogens with one attached hydrogen (secondary N) is 4. The first-order chi connectivity index (χ1) is 15.9. The summed E-state index contributed by atoms with van der Waals surface area (Å²) in [6, 6.07) is -4.89. The molecule has 1 aromatic rings. The minimum absolute atomic E-state index is 0.145. The van der Waals surface area contributed by atoms with E-state index in [4.69, 9.17) is 17.2 Å². The van der Waals surface area contributed by atoms with Crippen LogP contribution in [0.5, 0.6) is 0 Å². The molecule has 11 N–H and O–H groups in total. The molecule has 1 heterocycles. The van der Waals surface area contributed by atoms with Crippen LogP contribution >= 0.6 is 0 Å². The van der Waals surface area contributed by atoms with Crippen LogP contribution in [0, 0.1) is 0 Å². The molecule has 0 spiro atoms. The van der Waals surface area contributed by atoms with Crippen LogP contribution in [0.25, 0.3) is 0 Å². The van der Waals surface area contributed by atoms with Gasteiger partial charge in [0.25, 0.3) is 0 Å². The molecule has 0 aromatic carbocycles. The maximum Gasteiger partial charge on any atom is 0.326 e. The van der Waals surface area contributed by atoms with Crippen LogP contribution < -0.4 is 33.2 Å². The number of nitrogens with zero attached hydrogens (tertiary/aromatic N) is 1. The minimum Gasteiger partial charge on any atom is -0.480 e. The van der Waals surface area contributed by atoms with E-state index in [9.17, 15) is 33.9 Å². The van der Waals surface area contributed by atoms with Crippen LogP contribution in [0.4, 0.5) is 0 Å². The first kappa shape index (κ1) is 28.0. The van der Waals surface area contributed by atoms with Gasteiger partial charge < -0.3 is 43.2 Å². The summed E-state index contributed by atoms with van der Waals surface area (Å²) in [5.41, 5.74) is 16.6. The number of nitrogens with two attached hydrogens (primary N) is 3. The van der Waals surface area contributed by atoms with Gasteiger partial charge in [0.05, 0.1) is 12.4 Å². The highest BCUT2D eigenvalue weighted by atomic mass is 16.4. The fourth-order valence-electron chi connectivity index (χ4n) is 2.78. The van der Waals surface area contributed by atoms with Gasteiger partial charge in [0.1, 0.15) is 18.1 Å². The summed E-state index contributed by atoms with van der Waals surface area (Å²) < 4.78 is 0. The number of carboxylic acids is 1. The summed E-state index contributed by atoms with van der Waals surface area (Å²) in [5, 5.41) is 16.2. The molecule has 0 aliphatic carbocycles. The van der Waals surface area contributed by atoms with Gasteiger partial charge in [0.2, 0.25) is 29.5 Å². The van der Waals surface area contributed by atoms with Crippen LogP contribution in [-0.4, -0.2) is 74.7 Å². The number of amides is 5. The fourth-order valence-corrected chi connectivity index (χ4v) is 2.78. The van der Waals surface area contributed by atoms with Crippen molar-refractivity contribution in [1.82, 2.24) is 25.9 Å². The number of carbonyl (C=O) groups is 6. The van der Waals surface area contributed by atoms with Crippen molar-refractivity contribution in [2.24, 2.45) is 17.2 Å². The molecule has 5 amide bonds. The molecule has 0 saturated heterocycles. The van der Waals surface area contributed by atoms with Crippen LogP contribution in [0.1, 0.15) is 38.3 Å². The Morgan fingerprint density at radius 1 is 0.941 bits per heavy atom. The monoisotopic (exact) mass is 482 g/mol. The van der Waals surface area contributed by atoms with E-state index in [2.05, 4.69) is 25.9 Å². The lowest BCUT2D eigenvalue weighted by atomic mass is 10.1. The summed E-state index contributed by atoms with van der Waals surface area (Å²) >= 11 is 0. The van der Waals surface area contributed by atoms with Crippen molar-refractivity contribution in [3.63, 3.8) is 0 Å². The van der Waals surface area contributed by atoms with Gasteiger partial charge in [0, 0.05) is 31.2 Å². The lowest BCUT2D eigenvalue weighted by molar-refractivity contribution is -0.142. The third kappa shape index (κ3) is 10.1. The Labute approximate surface area is 194 Å². The summed E-state index contributed by atoms with van der Waals surface area (Å²) in [6.45, 7) is 1.35. The van der Waals surface area contributed by atoms with Crippen molar-refractivity contribution in [2.45, 2.75) is 63.2 Å². The molecule has 1 aromatic heterocycles. The third-order valence-corrected chi connectivity index (χ3v) is 4.69. The summed E-state index contributed by atoms with van der Waals surface area (Å²) in [6.07, 6.45) is 1.99. The number of H-pyrrole nitrogens is 1. The Morgan fingerprint density at radius 2 is 1.50 bits per heavy atom. The normalized spacial score (nSPS) is 14.2.